The second-order valence-electron chi connectivity index (χ2n) is 8.39. The largest absolute Gasteiger partial charge is 0.506 e. The number of aryl methyl sites for hydroxylation is 1. The number of nitrogens with one attached hydrogen (secondary N) is 1. The van der Waals surface area contributed by atoms with Crippen molar-refractivity contribution in [3.05, 3.63) is 23.8 Å². The number of carbonyl (C=O) groups excluding carboxylic acids is 2. The number of phenols is 1. The van der Waals surface area contributed by atoms with Crippen molar-refractivity contribution in [2.45, 2.75) is 45.8 Å². The molecule has 2 unspecified atom stereocenters. The van der Waals surface area contributed by atoms with Crippen molar-refractivity contribution in [2.24, 2.45) is 5.92 Å². The monoisotopic (exact) mass is 377 g/mol. The lowest BCUT2D eigenvalue weighted by Crippen LogP contribution is -2.54. The molecule has 2 rings (SSSR count). The van der Waals surface area contributed by atoms with Crippen LogP contribution in [0, 0.1) is 12.8 Å². The van der Waals surface area contributed by atoms with Crippen molar-refractivity contribution < 1.29 is 19.4 Å². The molecule has 0 spiro atoms. The Labute approximate surface area is 161 Å². The quantitative estimate of drug-likeness (QED) is 0.792. The van der Waals surface area contributed by atoms with Gasteiger partial charge in [-0.2, -0.15) is 0 Å². The summed E-state index contributed by atoms with van der Waals surface area (Å²) >= 11 is 0. The van der Waals surface area contributed by atoms with Crippen LogP contribution in [0.1, 0.15) is 32.8 Å². The number of likely N-dealkylation sites (N-methyl/N-ethyl adjacent to an activating group) is 1. The second-order valence-corrected chi connectivity index (χ2v) is 8.39. The number of hydrogen-bond donors (Lipinski definition) is 2. The van der Waals surface area contributed by atoms with Crippen LogP contribution in [0.4, 0.5) is 10.5 Å². The van der Waals surface area contributed by atoms with Crippen molar-refractivity contribution in [2.75, 3.05) is 32.5 Å². The van der Waals surface area contributed by atoms with Crippen LogP contribution in [-0.2, 0) is 9.53 Å². The van der Waals surface area contributed by atoms with E-state index in [9.17, 15) is 14.7 Å². The number of ether oxygens (including phenoxy) is 1. The first-order valence-corrected chi connectivity index (χ1v) is 9.21. The fourth-order valence-corrected chi connectivity index (χ4v) is 3.15. The molecule has 1 heterocycles. The minimum absolute atomic E-state index is 0.0346. The summed E-state index contributed by atoms with van der Waals surface area (Å²) in [4.78, 5) is 29.0. The molecule has 1 saturated heterocycles. The molecular formula is C20H31N3O4. The maximum Gasteiger partial charge on any atom is 0.410 e. The van der Waals surface area contributed by atoms with Crippen LogP contribution in [0.2, 0.25) is 0 Å². The highest BCUT2D eigenvalue weighted by Crippen LogP contribution is 2.29. The van der Waals surface area contributed by atoms with E-state index >= 15 is 0 Å². The van der Waals surface area contributed by atoms with E-state index in [1.54, 1.807) is 17.0 Å². The molecule has 27 heavy (non-hydrogen) atoms. The Morgan fingerprint density at radius 1 is 1.26 bits per heavy atom. The third-order valence-corrected chi connectivity index (χ3v) is 4.68. The molecule has 7 heteroatoms. The zero-order chi connectivity index (χ0) is 20.4. The third-order valence-electron chi connectivity index (χ3n) is 4.68. The standard InChI is InChI=1S/C20H31N3O4/c1-13-8-7-9-16(24)17(13)21-18(25)14-10-15(22(5)6)12-23(11-14)19(26)27-20(2,3)4/h7-9,14-15,24H,10-12H2,1-6H3,(H,21,25). The van der Waals surface area contributed by atoms with E-state index in [1.807, 2.05) is 52.8 Å². The molecule has 1 fully saturated rings. The minimum Gasteiger partial charge on any atom is -0.506 e. The molecule has 1 aliphatic rings. The summed E-state index contributed by atoms with van der Waals surface area (Å²) in [6.07, 6.45) is 0.218. The number of nitrogens with zero attached hydrogens (tertiary/aromatic N) is 2. The zero-order valence-corrected chi connectivity index (χ0v) is 17.1. The van der Waals surface area contributed by atoms with E-state index in [1.165, 1.54) is 0 Å². The number of rotatable bonds is 3. The van der Waals surface area contributed by atoms with Gasteiger partial charge in [0.25, 0.3) is 0 Å². The van der Waals surface area contributed by atoms with Gasteiger partial charge in [0.05, 0.1) is 11.6 Å². The van der Waals surface area contributed by atoms with E-state index in [2.05, 4.69) is 5.32 Å². The normalized spacial score (nSPS) is 20.5. The smallest absolute Gasteiger partial charge is 0.410 e. The lowest BCUT2D eigenvalue weighted by molar-refractivity contribution is -0.122. The average molecular weight is 377 g/mol. The van der Waals surface area contributed by atoms with Gasteiger partial charge in [-0.1, -0.05) is 12.1 Å². The van der Waals surface area contributed by atoms with Gasteiger partial charge in [0, 0.05) is 19.1 Å². The SMILES string of the molecule is Cc1cccc(O)c1NC(=O)C1CC(N(C)C)CN(C(=O)OC(C)(C)C)C1. The van der Waals surface area contributed by atoms with Gasteiger partial charge in [-0.3, -0.25) is 4.79 Å². The summed E-state index contributed by atoms with van der Waals surface area (Å²) in [5.41, 5.74) is 0.609. The van der Waals surface area contributed by atoms with Crippen molar-refractivity contribution in [3.8, 4) is 5.75 Å². The van der Waals surface area contributed by atoms with Crippen molar-refractivity contribution in [1.29, 1.82) is 0 Å². The minimum atomic E-state index is -0.590. The topological polar surface area (TPSA) is 82.1 Å². The van der Waals surface area contributed by atoms with Gasteiger partial charge in [0.1, 0.15) is 11.4 Å². The van der Waals surface area contributed by atoms with Crippen LogP contribution >= 0.6 is 0 Å². The number of para-hydroxylation sites is 1. The van der Waals surface area contributed by atoms with E-state index < -0.39 is 17.6 Å². The van der Waals surface area contributed by atoms with Crippen LogP contribution in [-0.4, -0.2) is 65.7 Å². The van der Waals surface area contributed by atoms with Crippen molar-refractivity contribution in [1.82, 2.24) is 9.80 Å². The number of piperidine rings is 1. The number of aromatic hydroxyl groups is 1. The molecule has 0 aromatic heterocycles. The molecule has 1 aromatic rings. The zero-order valence-electron chi connectivity index (χ0n) is 17.1. The Hall–Kier alpha value is -2.28. The van der Waals surface area contributed by atoms with Crippen molar-refractivity contribution in [3.63, 3.8) is 0 Å². The predicted octanol–water partition coefficient (Wildman–Crippen LogP) is 2.83. The maximum absolute atomic E-state index is 12.9. The first-order valence-electron chi connectivity index (χ1n) is 9.21. The molecule has 2 atom stereocenters. The number of benzene rings is 1. The number of phenolic OH excluding ortho intramolecular Hbond substituents is 1. The Bertz CT molecular complexity index is 677. The molecule has 1 aromatic carbocycles. The summed E-state index contributed by atoms with van der Waals surface area (Å²) < 4.78 is 5.49. The maximum atomic E-state index is 12.9. The van der Waals surface area contributed by atoms with Gasteiger partial charge in [0.15, 0.2) is 0 Å². The van der Waals surface area contributed by atoms with Crippen LogP contribution in [0.15, 0.2) is 18.2 Å². The highest BCUT2D eigenvalue weighted by Gasteiger charge is 2.36. The Morgan fingerprint density at radius 3 is 2.48 bits per heavy atom. The van der Waals surface area contributed by atoms with Gasteiger partial charge in [0.2, 0.25) is 5.91 Å². The van der Waals surface area contributed by atoms with E-state index in [0.29, 0.717) is 18.7 Å². The van der Waals surface area contributed by atoms with Crippen LogP contribution < -0.4 is 5.32 Å². The molecule has 0 radical (unpaired) electrons. The lowest BCUT2D eigenvalue weighted by atomic mass is 9.92. The summed E-state index contributed by atoms with van der Waals surface area (Å²) in [5, 5.41) is 12.9. The van der Waals surface area contributed by atoms with Gasteiger partial charge >= 0.3 is 6.09 Å². The highest BCUT2D eigenvalue weighted by molar-refractivity contribution is 5.95. The summed E-state index contributed by atoms with van der Waals surface area (Å²) in [7, 11) is 3.87. The molecule has 0 aliphatic carbocycles. The Balaban J connectivity index is 2.16. The molecule has 0 saturated carbocycles. The van der Waals surface area contributed by atoms with Crippen molar-refractivity contribution >= 4 is 17.7 Å². The molecule has 0 bridgehead atoms. The molecule has 1 aliphatic heterocycles. The summed E-state index contributed by atoms with van der Waals surface area (Å²) in [6, 6.07) is 5.14. The van der Waals surface area contributed by atoms with E-state index in [-0.39, 0.29) is 24.2 Å². The average Bonchev–Trinajstić information content (AvgIpc) is 2.56. The number of hydrogen-bond acceptors (Lipinski definition) is 5. The van der Waals surface area contributed by atoms with Crippen LogP contribution in [0.25, 0.3) is 0 Å². The van der Waals surface area contributed by atoms with E-state index in [0.717, 1.165) is 5.56 Å². The fourth-order valence-electron chi connectivity index (χ4n) is 3.15. The highest BCUT2D eigenvalue weighted by atomic mass is 16.6. The Kier molecular flexibility index (Phi) is 6.36. The van der Waals surface area contributed by atoms with Gasteiger partial charge in [-0.05, 0) is 59.8 Å². The van der Waals surface area contributed by atoms with Gasteiger partial charge in [-0.25, -0.2) is 4.79 Å². The number of amides is 2. The fraction of sp³-hybridized carbons (Fsp3) is 0.600. The number of carbonyl (C=O) groups is 2. The molecule has 150 valence electrons. The molecule has 2 N–H and O–H groups in total. The first-order chi connectivity index (χ1) is 12.5. The second kappa shape index (κ2) is 8.17. The van der Waals surface area contributed by atoms with Crippen LogP contribution in [0.3, 0.4) is 0 Å². The first kappa shape index (κ1) is 21.0. The van der Waals surface area contributed by atoms with Gasteiger partial charge in [-0.15, -0.1) is 0 Å². The molecular weight excluding hydrogens is 346 g/mol. The lowest BCUT2D eigenvalue weighted by Gasteiger charge is -2.40. The van der Waals surface area contributed by atoms with Gasteiger partial charge < -0.3 is 25.0 Å². The Morgan fingerprint density at radius 2 is 1.93 bits per heavy atom. The third kappa shape index (κ3) is 5.60. The summed E-state index contributed by atoms with van der Waals surface area (Å²) in [6.45, 7) is 8.10. The number of likely N-dealkylation sites (tertiary alicyclic amines) is 1. The number of anilines is 1. The summed E-state index contributed by atoms with van der Waals surface area (Å²) in [5.74, 6) is -0.565. The van der Waals surface area contributed by atoms with Crippen LogP contribution in [0.5, 0.6) is 5.75 Å². The predicted molar refractivity (Wildman–Crippen MR) is 105 cm³/mol. The molecule has 2 amide bonds. The molecule has 7 nitrogen and oxygen atoms in total. The van der Waals surface area contributed by atoms with E-state index in [4.69, 9.17) is 4.74 Å².